The zero-order valence-electron chi connectivity index (χ0n) is 10.7. The first-order valence-corrected chi connectivity index (χ1v) is 5.97. The zero-order valence-corrected chi connectivity index (χ0v) is 10.7. The van der Waals surface area contributed by atoms with Gasteiger partial charge in [-0.1, -0.05) is 30.3 Å². The van der Waals surface area contributed by atoms with Gasteiger partial charge in [0.1, 0.15) is 17.7 Å². The SMILES string of the molecule is CN(CCc1ccccc1)c1ncncc1C(=O)O. The quantitative estimate of drug-likeness (QED) is 0.885. The van der Waals surface area contributed by atoms with Crippen molar-refractivity contribution in [3.8, 4) is 0 Å². The summed E-state index contributed by atoms with van der Waals surface area (Å²) in [7, 11) is 1.83. The van der Waals surface area contributed by atoms with Crippen molar-refractivity contribution in [3.05, 3.63) is 54.0 Å². The topological polar surface area (TPSA) is 66.3 Å². The molecule has 0 saturated carbocycles. The summed E-state index contributed by atoms with van der Waals surface area (Å²) >= 11 is 0. The largest absolute Gasteiger partial charge is 0.477 e. The minimum Gasteiger partial charge on any atom is -0.477 e. The molecule has 98 valence electrons. The molecular formula is C14H15N3O2. The molecule has 0 amide bonds. The lowest BCUT2D eigenvalue weighted by Crippen LogP contribution is -2.24. The Labute approximate surface area is 111 Å². The Morgan fingerprint density at radius 1 is 1.32 bits per heavy atom. The Kier molecular flexibility index (Phi) is 4.07. The highest BCUT2D eigenvalue weighted by Gasteiger charge is 2.14. The first-order valence-electron chi connectivity index (χ1n) is 5.97. The molecule has 0 radical (unpaired) electrons. The Bertz CT molecular complexity index is 558. The number of anilines is 1. The molecule has 2 rings (SSSR count). The second kappa shape index (κ2) is 5.95. The average Bonchev–Trinajstić information content (AvgIpc) is 2.46. The highest BCUT2D eigenvalue weighted by molar-refractivity contribution is 5.92. The first kappa shape index (κ1) is 13.0. The summed E-state index contributed by atoms with van der Waals surface area (Å²) in [6.07, 6.45) is 3.52. The zero-order chi connectivity index (χ0) is 13.7. The van der Waals surface area contributed by atoms with E-state index in [-0.39, 0.29) is 5.56 Å². The van der Waals surface area contributed by atoms with Gasteiger partial charge in [0.25, 0.3) is 0 Å². The molecule has 1 aromatic heterocycles. The lowest BCUT2D eigenvalue weighted by Gasteiger charge is -2.19. The van der Waals surface area contributed by atoms with E-state index in [2.05, 4.69) is 9.97 Å². The van der Waals surface area contributed by atoms with Crippen LogP contribution in [0.25, 0.3) is 0 Å². The standard InChI is InChI=1S/C14H15N3O2/c1-17(8-7-11-5-3-2-4-6-11)13-12(14(18)19)9-15-10-16-13/h2-6,9-10H,7-8H2,1H3,(H,18,19). The van der Waals surface area contributed by atoms with Gasteiger partial charge >= 0.3 is 5.97 Å². The average molecular weight is 257 g/mol. The minimum atomic E-state index is -1.01. The molecule has 0 unspecified atom stereocenters. The van der Waals surface area contributed by atoms with Gasteiger partial charge in [-0.05, 0) is 12.0 Å². The predicted octanol–water partition coefficient (Wildman–Crippen LogP) is 1.85. The maximum absolute atomic E-state index is 11.1. The van der Waals surface area contributed by atoms with E-state index in [9.17, 15) is 4.79 Å². The molecule has 0 spiro atoms. The van der Waals surface area contributed by atoms with Gasteiger partial charge in [0.05, 0.1) is 0 Å². The number of aromatic nitrogens is 2. The molecule has 5 heteroatoms. The van der Waals surface area contributed by atoms with E-state index in [1.807, 2.05) is 42.3 Å². The Balaban J connectivity index is 2.08. The van der Waals surface area contributed by atoms with Crippen LogP contribution in [0, 0.1) is 0 Å². The lowest BCUT2D eigenvalue weighted by molar-refractivity contribution is 0.0696. The number of hydrogen-bond donors (Lipinski definition) is 1. The van der Waals surface area contributed by atoms with Crippen LogP contribution in [0.4, 0.5) is 5.82 Å². The second-order valence-corrected chi connectivity index (χ2v) is 4.22. The fraction of sp³-hybridized carbons (Fsp3) is 0.214. The van der Waals surface area contributed by atoms with E-state index in [0.717, 1.165) is 6.42 Å². The maximum Gasteiger partial charge on any atom is 0.341 e. The molecule has 0 saturated heterocycles. The number of aromatic carboxylic acids is 1. The van der Waals surface area contributed by atoms with Crippen LogP contribution in [-0.2, 0) is 6.42 Å². The molecule has 5 nitrogen and oxygen atoms in total. The summed E-state index contributed by atoms with van der Waals surface area (Å²) in [5, 5.41) is 9.09. The maximum atomic E-state index is 11.1. The van der Waals surface area contributed by atoms with Crippen molar-refractivity contribution in [2.45, 2.75) is 6.42 Å². The van der Waals surface area contributed by atoms with E-state index in [1.165, 1.54) is 18.1 Å². The van der Waals surface area contributed by atoms with Gasteiger partial charge in [-0.25, -0.2) is 14.8 Å². The van der Waals surface area contributed by atoms with E-state index >= 15 is 0 Å². The summed E-state index contributed by atoms with van der Waals surface area (Å²) in [6.45, 7) is 0.696. The third kappa shape index (κ3) is 3.28. The molecule has 0 atom stereocenters. The van der Waals surface area contributed by atoms with Crippen molar-refractivity contribution >= 4 is 11.8 Å². The van der Waals surface area contributed by atoms with Gasteiger partial charge in [0.15, 0.2) is 0 Å². The summed E-state index contributed by atoms with van der Waals surface area (Å²) in [5.41, 5.74) is 1.33. The Hall–Kier alpha value is -2.43. The van der Waals surface area contributed by atoms with Gasteiger partial charge in [-0.3, -0.25) is 0 Å². The summed E-state index contributed by atoms with van der Waals surface area (Å²) in [6, 6.07) is 10.0. The molecule has 0 aliphatic rings. The molecule has 1 aromatic carbocycles. The van der Waals surface area contributed by atoms with Crippen LogP contribution in [0.1, 0.15) is 15.9 Å². The van der Waals surface area contributed by atoms with Crippen molar-refractivity contribution in [1.29, 1.82) is 0 Å². The number of benzene rings is 1. The van der Waals surface area contributed by atoms with Crippen LogP contribution in [-0.4, -0.2) is 34.6 Å². The summed E-state index contributed by atoms with van der Waals surface area (Å²) in [4.78, 5) is 20.7. The number of carboxylic acid groups (broad SMARTS) is 1. The van der Waals surface area contributed by atoms with Crippen LogP contribution in [0.15, 0.2) is 42.9 Å². The number of likely N-dealkylation sites (N-methyl/N-ethyl adjacent to an activating group) is 1. The van der Waals surface area contributed by atoms with Gasteiger partial charge < -0.3 is 10.0 Å². The molecule has 0 aliphatic carbocycles. The predicted molar refractivity (Wildman–Crippen MR) is 72.4 cm³/mol. The minimum absolute atomic E-state index is 0.123. The highest BCUT2D eigenvalue weighted by atomic mass is 16.4. The molecular weight excluding hydrogens is 242 g/mol. The van der Waals surface area contributed by atoms with E-state index in [4.69, 9.17) is 5.11 Å². The molecule has 1 heterocycles. The van der Waals surface area contributed by atoms with Gasteiger partial charge in [0.2, 0.25) is 0 Å². The fourth-order valence-corrected chi connectivity index (χ4v) is 1.83. The Morgan fingerprint density at radius 3 is 2.74 bits per heavy atom. The first-order chi connectivity index (χ1) is 9.18. The molecule has 2 aromatic rings. The molecule has 19 heavy (non-hydrogen) atoms. The van der Waals surface area contributed by atoms with Gasteiger partial charge in [-0.2, -0.15) is 0 Å². The van der Waals surface area contributed by atoms with Crippen molar-refractivity contribution in [1.82, 2.24) is 9.97 Å². The van der Waals surface area contributed by atoms with Crippen LogP contribution >= 0.6 is 0 Å². The number of hydrogen-bond acceptors (Lipinski definition) is 4. The van der Waals surface area contributed by atoms with Crippen LogP contribution < -0.4 is 4.90 Å². The number of nitrogens with zero attached hydrogens (tertiary/aromatic N) is 3. The molecule has 0 fully saturated rings. The van der Waals surface area contributed by atoms with Crippen molar-refractivity contribution in [3.63, 3.8) is 0 Å². The second-order valence-electron chi connectivity index (χ2n) is 4.22. The number of carboxylic acids is 1. The monoisotopic (exact) mass is 257 g/mol. The molecule has 0 aliphatic heterocycles. The summed E-state index contributed by atoms with van der Waals surface area (Å²) < 4.78 is 0. The van der Waals surface area contributed by atoms with Crippen LogP contribution in [0.3, 0.4) is 0 Å². The third-order valence-corrected chi connectivity index (χ3v) is 2.86. The van der Waals surface area contributed by atoms with Crippen molar-refractivity contribution in [2.75, 3.05) is 18.5 Å². The third-order valence-electron chi connectivity index (χ3n) is 2.86. The van der Waals surface area contributed by atoms with E-state index < -0.39 is 5.97 Å². The van der Waals surface area contributed by atoms with Gasteiger partial charge in [0, 0.05) is 19.8 Å². The molecule has 1 N–H and O–H groups in total. The van der Waals surface area contributed by atoms with Gasteiger partial charge in [-0.15, -0.1) is 0 Å². The smallest absolute Gasteiger partial charge is 0.341 e. The highest BCUT2D eigenvalue weighted by Crippen LogP contribution is 2.15. The van der Waals surface area contributed by atoms with E-state index in [1.54, 1.807) is 0 Å². The molecule has 0 bridgehead atoms. The normalized spacial score (nSPS) is 10.2. The number of rotatable bonds is 5. The van der Waals surface area contributed by atoms with Crippen molar-refractivity contribution in [2.24, 2.45) is 0 Å². The van der Waals surface area contributed by atoms with Crippen LogP contribution in [0.5, 0.6) is 0 Å². The van der Waals surface area contributed by atoms with Crippen molar-refractivity contribution < 1.29 is 9.90 Å². The lowest BCUT2D eigenvalue weighted by atomic mass is 10.1. The number of carbonyl (C=O) groups is 1. The fourth-order valence-electron chi connectivity index (χ4n) is 1.83. The Morgan fingerprint density at radius 2 is 2.05 bits per heavy atom. The van der Waals surface area contributed by atoms with E-state index in [0.29, 0.717) is 12.4 Å². The van der Waals surface area contributed by atoms with Crippen LogP contribution in [0.2, 0.25) is 0 Å². The summed E-state index contributed by atoms with van der Waals surface area (Å²) in [5.74, 6) is -0.569.